The van der Waals surface area contributed by atoms with Crippen molar-refractivity contribution in [2.45, 2.75) is 18.2 Å². The second-order valence-electron chi connectivity index (χ2n) is 7.62. The number of thioether (sulfide) groups is 1. The summed E-state index contributed by atoms with van der Waals surface area (Å²) in [5.41, 5.74) is 1.11. The van der Waals surface area contributed by atoms with E-state index in [0.717, 1.165) is 10.6 Å². The van der Waals surface area contributed by atoms with Gasteiger partial charge in [-0.1, -0.05) is 12.1 Å². The Morgan fingerprint density at radius 2 is 1.94 bits per heavy atom. The molecule has 1 aromatic carbocycles. The third-order valence-corrected chi connectivity index (χ3v) is 6.11. The third kappa shape index (κ3) is 5.80. The van der Waals surface area contributed by atoms with Crippen LogP contribution in [0.1, 0.15) is 21.7 Å². The number of nitrogens with zero attached hydrogens (tertiary/aromatic N) is 3. The molecule has 0 N–H and O–H groups in total. The van der Waals surface area contributed by atoms with Crippen molar-refractivity contribution >= 4 is 17.7 Å². The highest BCUT2D eigenvalue weighted by Gasteiger charge is 2.24. The van der Waals surface area contributed by atoms with Gasteiger partial charge in [-0.3, -0.25) is 14.5 Å². The highest BCUT2D eigenvalue weighted by molar-refractivity contribution is 7.98. The fraction of sp³-hybridized carbons (Fsp3) is 0.292. The molecule has 0 aliphatic carbocycles. The van der Waals surface area contributed by atoms with E-state index in [9.17, 15) is 14.0 Å². The first kappa shape index (κ1) is 23.0. The molecule has 0 spiro atoms. The van der Waals surface area contributed by atoms with Crippen LogP contribution in [0.25, 0.3) is 0 Å². The lowest BCUT2D eigenvalue weighted by Crippen LogP contribution is -2.48. The average molecular weight is 470 g/mol. The van der Waals surface area contributed by atoms with Gasteiger partial charge in [0.2, 0.25) is 11.2 Å². The number of carbonyl (C=O) groups excluding carboxylic acids is 1. The summed E-state index contributed by atoms with van der Waals surface area (Å²) in [6, 6.07) is 10.9. The Bertz CT molecular complexity index is 1160. The van der Waals surface area contributed by atoms with E-state index in [1.807, 2.05) is 17.2 Å². The lowest BCUT2D eigenvalue weighted by atomic mass is 10.2. The van der Waals surface area contributed by atoms with Gasteiger partial charge in [0.1, 0.15) is 29.5 Å². The molecule has 0 bridgehead atoms. The minimum atomic E-state index is -0.324. The average Bonchev–Trinajstić information content (AvgIpc) is 2.84. The summed E-state index contributed by atoms with van der Waals surface area (Å²) in [6.45, 7) is 3.14. The molecule has 1 aliphatic heterocycles. The number of hydrogen-bond donors (Lipinski definition) is 0. The lowest BCUT2D eigenvalue weighted by Gasteiger charge is -2.34. The smallest absolute Gasteiger partial charge is 0.256 e. The van der Waals surface area contributed by atoms with E-state index in [4.69, 9.17) is 9.15 Å². The predicted octanol–water partition coefficient (Wildman–Crippen LogP) is 3.43. The molecule has 3 aromatic rings. The van der Waals surface area contributed by atoms with Crippen LogP contribution in [-0.4, -0.2) is 53.1 Å². The largest absolute Gasteiger partial charge is 0.482 e. The number of pyridine rings is 1. The molecule has 2 aromatic heterocycles. The van der Waals surface area contributed by atoms with Crippen LogP contribution in [0.3, 0.4) is 0 Å². The zero-order valence-corrected chi connectivity index (χ0v) is 19.0. The number of piperazine rings is 1. The molecule has 7 nitrogen and oxygen atoms in total. The maximum atomic E-state index is 13.0. The molecule has 9 heteroatoms. The fourth-order valence-corrected chi connectivity index (χ4v) is 4.13. The van der Waals surface area contributed by atoms with Gasteiger partial charge in [-0.15, -0.1) is 11.8 Å². The highest BCUT2D eigenvalue weighted by atomic mass is 32.2. The third-order valence-electron chi connectivity index (χ3n) is 5.39. The number of halogens is 1. The molecule has 0 saturated carbocycles. The zero-order valence-electron chi connectivity index (χ0n) is 18.2. The molecule has 1 amide bonds. The van der Waals surface area contributed by atoms with Crippen molar-refractivity contribution in [1.82, 2.24) is 14.8 Å². The molecule has 4 rings (SSSR count). The van der Waals surface area contributed by atoms with Gasteiger partial charge in [0.15, 0.2) is 0 Å². The van der Waals surface area contributed by atoms with E-state index >= 15 is 0 Å². The van der Waals surface area contributed by atoms with Crippen molar-refractivity contribution < 1.29 is 18.3 Å². The van der Waals surface area contributed by atoms with E-state index in [1.165, 1.54) is 36.2 Å². The lowest BCUT2D eigenvalue weighted by molar-refractivity contribution is 0.0615. The molecule has 1 aliphatic rings. The Kier molecular flexibility index (Phi) is 7.41. The predicted molar refractivity (Wildman–Crippen MR) is 123 cm³/mol. The van der Waals surface area contributed by atoms with Gasteiger partial charge in [0.25, 0.3) is 5.91 Å². The summed E-state index contributed by atoms with van der Waals surface area (Å²) in [4.78, 5) is 33.5. The highest BCUT2D eigenvalue weighted by Crippen LogP contribution is 2.20. The summed E-state index contributed by atoms with van der Waals surface area (Å²) in [7, 11) is 0. The van der Waals surface area contributed by atoms with Crippen molar-refractivity contribution in [3.63, 3.8) is 0 Å². The summed E-state index contributed by atoms with van der Waals surface area (Å²) in [5.74, 6) is 0.307. The Labute approximate surface area is 195 Å². The quantitative estimate of drug-likeness (QED) is 0.491. The van der Waals surface area contributed by atoms with Gasteiger partial charge in [-0.05, 0) is 36.1 Å². The fourth-order valence-electron chi connectivity index (χ4n) is 3.58. The number of aromatic nitrogens is 1. The van der Waals surface area contributed by atoms with Crippen LogP contribution in [-0.2, 0) is 13.2 Å². The van der Waals surface area contributed by atoms with E-state index in [2.05, 4.69) is 9.88 Å². The topological polar surface area (TPSA) is 75.9 Å². The first-order chi connectivity index (χ1) is 16.0. The van der Waals surface area contributed by atoms with Crippen LogP contribution in [0.15, 0.2) is 69.2 Å². The molecule has 172 valence electrons. The number of ether oxygens (including phenoxy) is 1. The second-order valence-corrected chi connectivity index (χ2v) is 8.41. The van der Waals surface area contributed by atoms with Crippen LogP contribution in [0.5, 0.6) is 5.75 Å². The normalized spacial score (nSPS) is 14.3. The minimum absolute atomic E-state index is 0.0127. The van der Waals surface area contributed by atoms with Crippen molar-refractivity contribution in [2.24, 2.45) is 0 Å². The van der Waals surface area contributed by atoms with Gasteiger partial charge in [-0.25, -0.2) is 9.37 Å². The number of hydrogen-bond acceptors (Lipinski definition) is 7. The van der Waals surface area contributed by atoms with Gasteiger partial charge in [-0.2, -0.15) is 0 Å². The van der Waals surface area contributed by atoms with E-state index < -0.39 is 0 Å². The maximum Gasteiger partial charge on any atom is 0.256 e. The Morgan fingerprint density at radius 1 is 1.18 bits per heavy atom. The van der Waals surface area contributed by atoms with Crippen LogP contribution in [0.4, 0.5) is 4.39 Å². The first-order valence-corrected chi connectivity index (χ1v) is 11.8. The zero-order chi connectivity index (χ0) is 23.2. The summed E-state index contributed by atoms with van der Waals surface area (Å²) >= 11 is 1.46. The van der Waals surface area contributed by atoms with Crippen molar-refractivity contribution in [1.29, 1.82) is 0 Å². The molecule has 0 atom stereocenters. The Balaban J connectivity index is 1.30. The van der Waals surface area contributed by atoms with Gasteiger partial charge in [0.05, 0.1) is 12.1 Å². The van der Waals surface area contributed by atoms with Crippen molar-refractivity contribution in [2.75, 3.05) is 32.4 Å². The molecule has 0 radical (unpaired) electrons. The minimum Gasteiger partial charge on any atom is -0.482 e. The van der Waals surface area contributed by atoms with E-state index in [1.54, 1.807) is 24.4 Å². The SMILES string of the molecule is CSc1ncccc1C(=O)N1CCN(Cc2cc(=O)c(OCc3ccc(F)cc3)co2)CC1. The maximum absolute atomic E-state index is 13.0. The number of benzene rings is 1. The molecular weight excluding hydrogens is 445 g/mol. The Morgan fingerprint density at radius 3 is 2.64 bits per heavy atom. The van der Waals surface area contributed by atoms with Crippen LogP contribution < -0.4 is 10.2 Å². The van der Waals surface area contributed by atoms with Gasteiger partial charge in [0, 0.05) is 38.4 Å². The van der Waals surface area contributed by atoms with E-state index in [-0.39, 0.29) is 29.5 Å². The molecule has 0 unspecified atom stereocenters. The standard InChI is InChI=1S/C24H24FN3O4S/c1-33-23-20(3-2-8-26-23)24(30)28-11-9-27(10-12-28)14-19-13-21(29)22(16-31-19)32-15-17-4-6-18(25)7-5-17/h2-8,13,16H,9-12,14-15H2,1H3. The van der Waals surface area contributed by atoms with Crippen molar-refractivity contribution in [3.05, 3.63) is 87.9 Å². The molecular formula is C24H24FN3O4S. The molecule has 1 fully saturated rings. The van der Waals surface area contributed by atoms with E-state index in [0.29, 0.717) is 44.0 Å². The van der Waals surface area contributed by atoms with Gasteiger partial charge >= 0.3 is 0 Å². The van der Waals surface area contributed by atoms with Crippen LogP contribution in [0.2, 0.25) is 0 Å². The monoisotopic (exact) mass is 469 g/mol. The summed E-state index contributed by atoms with van der Waals surface area (Å²) in [6.07, 6.45) is 4.91. The van der Waals surface area contributed by atoms with Crippen LogP contribution >= 0.6 is 11.8 Å². The van der Waals surface area contributed by atoms with Gasteiger partial charge < -0.3 is 14.1 Å². The molecule has 1 saturated heterocycles. The second kappa shape index (κ2) is 10.6. The Hall–Kier alpha value is -3.17. The number of rotatable bonds is 7. The number of amides is 1. The molecule has 33 heavy (non-hydrogen) atoms. The van der Waals surface area contributed by atoms with Crippen molar-refractivity contribution in [3.8, 4) is 5.75 Å². The summed E-state index contributed by atoms with van der Waals surface area (Å²) < 4.78 is 24.1. The summed E-state index contributed by atoms with van der Waals surface area (Å²) in [5, 5.41) is 0.730. The molecule has 3 heterocycles. The first-order valence-electron chi connectivity index (χ1n) is 10.5. The van der Waals surface area contributed by atoms with Crippen LogP contribution in [0, 0.1) is 5.82 Å². The number of carbonyl (C=O) groups is 1.